The summed E-state index contributed by atoms with van der Waals surface area (Å²) in [4.78, 5) is 6.47. The van der Waals surface area contributed by atoms with Crippen LogP contribution in [0.3, 0.4) is 0 Å². The lowest BCUT2D eigenvalue weighted by molar-refractivity contribution is 0.334. The summed E-state index contributed by atoms with van der Waals surface area (Å²) in [6.45, 7) is 5.31. The van der Waals surface area contributed by atoms with E-state index in [1.807, 2.05) is 5.38 Å². The normalized spacial score (nSPS) is 12.1. The van der Waals surface area contributed by atoms with E-state index in [2.05, 4.69) is 59.1 Å². The van der Waals surface area contributed by atoms with Gasteiger partial charge in [-0.1, -0.05) is 0 Å². The van der Waals surface area contributed by atoms with Crippen LogP contribution in [0.5, 0.6) is 0 Å². The minimum absolute atomic E-state index is 0.0425. The Morgan fingerprint density at radius 3 is 2.64 bits per heavy atom. The van der Waals surface area contributed by atoms with E-state index >= 15 is 0 Å². The van der Waals surface area contributed by atoms with Gasteiger partial charge in [-0.05, 0) is 43.9 Å². The van der Waals surface area contributed by atoms with Crippen LogP contribution in [-0.4, -0.2) is 36.1 Å². The Morgan fingerprint density at radius 1 is 1.57 bits per heavy atom. The average molecular weight is 278 g/mol. The Labute approximate surface area is 97.7 Å². The van der Waals surface area contributed by atoms with E-state index in [1.54, 1.807) is 11.3 Å². The number of nitrogens with zero attached hydrogens (tertiary/aromatic N) is 2. The van der Waals surface area contributed by atoms with Crippen molar-refractivity contribution < 1.29 is 0 Å². The second kappa shape index (κ2) is 4.59. The third-order valence-corrected chi connectivity index (χ3v) is 3.10. The Kier molecular flexibility index (Phi) is 3.92. The first-order chi connectivity index (χ1) is 6.39. The van der Waals surface area contributed by atoms with Crippen molar-refractivity contribution in [3.63, 3.8) is 0 Å². The molecule has 1 rings (SSSR count). The second-order valence-corrected chi connectivity index (χ2v) is 5.89. The Balaban J connectivity index is 2.58. The van der Waals surface area contributed by atoms with E-state index in [-0.39, 0.29) is 5.54 Å². The minimum atomic E-state index is 0.0425. The predicted molar refractivity (Wildman–Crippen MR) is 66.1 cm³/mol. The Bertz CT molecular complexity index is 296. The SMILES string of the molecule is CN(C)CC(C)(C)Nc1nc(Br)cs1. The molecule has 0 unspecified atom stereocenters. The van der Waals surface area contributed by atoms with Gasteiger partial charge < -0.3 is 10.2 Å². The number of thiazole rings is 1. The topological polar surface area (TPSA) is 28.2 Å². The highest BCUT2D eigenvalue weighted by molar-refractivity contribution is 9.10. The molecule has 0 spiro atoms. The van der Waals surface area contributed by atoms with E-state index in [4.69, 9.17) is 0 Å². The fourth-order valence-electron chi connectivity index (χ4n) is 1.43. The monoisotopic (exact) mass is 277 g/mol. The minimum Gasteiger partial charge on any atom is -0.355 e. The van der Waals surface area contributed by atoms with Crippen molar-refractivity contribution in [1.82, 2.24) is 9.88 Å². The maximum Gasteiger partial charge on any atom is 0.184 e. The zero-order valence-corrected chi connectivity index (χ0v) is 11.4. The van der Waals surface area contributed by atoms with Crippen molar-refractivity contribution >= 4 is 32.4 Å². The molecule has 14 heavy (non-hydrogen) atoms. The van der Waals surface area contributed by atoms with Gasteiger partial charge in [0.2, 0.25) is 0 Å². The zero-order chi connectivity index (χ0) is 10.8. The van der Waals surface area contributed by atoms with E-state index in [0.717, 1.165) is 16.3 Å². The van der Waals surface area contributed by atoms with Crippen molar-refractivity contribution in [3.8, 4) is 0 Å². The zero-order valence-electron chi connectivity index (χ0n) is 8.97. The molecule has 0 radical (unpaired) electrons. The van der Waals surface area contributed by atoms with Crippen LogP contribution in [0.2, 0.25) is 0 Å². The maximum atomic E-state index is 4.31. The molecule has 0 amide bonds. The molecule has 0 aliphatic carbocycles. The third kappa shape index (κ3) is 3.94. The molecule has 5 heteroatoms. The molecule has 0 aliphatic heterocycles. The highest BCUT2D eigenvalue weighted by Gasteiger charge is 2.19. The van der Waals surface area contributed by atoms with Crippen LogP contribution in [0.4, 0.5) is 5.13 Å². The largest absolute Gasteiger partial charge is 0.355 e. The molecule has 1 N–H and O–H groups in total. The Morgan fingerprint density at radius 2 is 2.21 bits per heavy atom. The van der Waals surface area contributed by atoms with Crippen molar-refractivity contribution in [2.24, 2.45) is 0 Å². The average Bonchev–Trinajstić information content (AvgIpc) is 2.30. The summed E-state index contributed by atoms with van der Waals surface area (Å²) in [6.07, 6.45) is 0. The summed E-state index contributed by atoms with van der Waals surface area (Å²) < 4.78 is 0.894. The number of hydrogen-bond donors (Lipinski definition) is 1. The second-order valence-electron chi connectivity index (χ2n) is 4.22. The van der Waals surface area contributed by atoms with E-state index in [9.17, 15) is 0 Å². The standard InChI is InChI=1S/C9H16BrN3S/c1-9(2,6-13(3)4)12-8-11-7(10)5-14-8/h5H,6H2,1-4H3,(H,11,12). The van der Waals surface area contributed by atoms with Crippen molar-refractivity contribution in [3.05, 3.63) is 9.98 Å². The Hall–Kier alpha value is -0.130. The van der Waals surface area contributed by atoms with Crippen molar-refractivity contribution in [2.45, 2.75) is 19.4 Å². The smallest absolute Gasteiger partial charge is 0.184 e. The number of likely N-dealkylation sites (N-methyl/N-ethyl adjacent to an activating group) is 1. The van der Waals surface area contributed by atoms with Crippen LogP contribution in [-0.2, 0) is 0 Å². The highest BCUT2D eigenvalue weighted by atomic mass is 79.9. The van der Waals surface area contributed by atoms with Crippen LogP contribution < -0.4 is 5.32 Å². The first-order valence-electron chi connectivity index (χ1n) is 4.43. The van der Waals surface area contributed by atoms with Gasteiger partial charge in [-0.25, -0.2) is 4.98 Å². The van der Waals surface area contributed by atoms with Gasteiger partial charge in [0.15, 0.2) is 5.13 Å². The van der Waals surface area contributed by atoms with E-state index in [0.29, 0.717) is 0 Å². The molecule has 0 saturated heterocycles. The predicted octanol–water partition coefficient (Wildman–Crippen LogP) is 2.66. The lowest BCUT2D eigenvalue weighted by atomic mass is 10.1. The quantitative estimate of drug-likeness (QED) is 0.917. The number of anilines is 1. The van der Waals surface area contributed by atoms with Crippen LogP contribution in [0.15, 0.2) is 9.98 Å². The van der Waals surface area contributed by atoms with Gasteiger partial charge in [0.05, 0.1) is 0 Å². The number of aromatic nitrogens is 1. The van der Waals surface area contributed by atoms with Gasteiger partial charge in [-0.3, -0.25) is 0 Å². The molecule has 3 nitrogen and oxygen atoms in total. The maximum absolute atomic E-state index is 4.31. The van der Waals surface area contributed by atoms with Gasteiger partial charge in [-0.15, -0.1) is 11.3 Å². The first-order valence-corrected chi connectivity index (χ1v) is 6.10. The summed E-state index contributed by atoms with van der Waals surface area (Å²) in [6, 6.07) is 0. The van der Waals surface area contributed by atoms with Gasteiger partial charge in [0.25, 0.3) is 0 Å². The molecular formula is C9H16BrN3S. The summed E-state index contributed by atoms with van der Waals surface area (Å²) in [5, 5.41) is 6.35. The third-order valence-electron chi connectivity index (χ3n) is 1.63. The van der Waals surface area contributed by atoms with Crippen LogP contribution in [0.25, 0.3) is 0 Å². The fourth-order valence-corrected chi connectivity index (χ4v) is 2.75. The lowest BCUT2D eigenvalue weighted by Gasteiger charge is -2.29. The molecule has 1 aromatic heterocycles. The molecule has 0 fully saturated rings. The summed E-state index contributed by atoms with van der Waals surface area (Å²) in [7, 11) is 4.14. The molecule has 80 valence electrons. The van der Waals surface area contributed by atoms with Gasteiger partial charge in [-0.2, -0.15) is 0 Å². The molecular weight excluding hydrogens is 262 g/mol. The first kappa shape index (κ1) is 11.9. The van der Waals surface area contributed by atoms with Gasteiger partial charge >= 0.3 is 0 Å². The van der Waals surface area contributed by atoms with Crippen LogP contribution in [0, 0.1) is 0 Å². The molecule has 0 aliphatic rings. The molecule has 0 saturated carbocycles. The van der Waals surface area contributed by atoms with E-state index < -0.39 is 0 Å². The molecule has 0 bridgehead atoms. The van der Waals surface area contributed by atoms with Crippen molar-refractivity contribution in [1.29, 1.82) is 0 Å². The van der Waals surface area contributed by atoms with Gasteiger partial charge in [0.1, 0.15) is 4.60 Å². The number of halogens is 1. The number of nitrogens with one attached hydrogen (secondary N) is 1. The van der Waals surface area contributed by atoms with Gasteiger partial charge in [0, 0.05) is 17.5 Å². The number of rotatable bonds is 4. The molecule has 1 heterocycles. The highest BCUT2D eigenvalue weighted by Crippen LogP contribution is 2.22. The number of hydrogen-bond acceptors (Lipinski definition) is 4. The summed E-state index contributed by atoms with van der Waals surface area (Å²) in [5.41, 5.74) is 0.0425. The fraction of sp³-hybridized carbons (Fsp3) is 0.667. The van der Waals surface area contributed by atoms with E-state index in [1.165, 1.54) is 0 Å². The lowest BCUT2D eigenvalue weighted by Crippen LogP contribution is -2.41. The molecule has 0 atom stereocenters. The molecule has 1 aromatic rings. The summed E-state index contributed by atoms with van der Waals surface area (Å²) >= 11 is 4.96. The van der Waals surface area contributed by atoms with Crippen molar-refractivity contribution in [2.75, 3.05) is 26.0 Å². The molecule has 0 aromatic carbocycles. The van der Waals surface area contributed by atoms with Crippen LogP contribution >= 0.6 is 27.3 Å². The van der Waals surface area contributed by atoms with Crippen LogP contribution in [0.1, 0.15) is 13.8 Å². The summed E-state index contributed by atoms with van der Waals surface area (Å²) in [5.74, 6) is 0.